The first-order valence-electron chi connectivity index (χ1n) is 6.48. The van der Waals surface area contributed by atoms with E-state index in [9.17, 15) is 4.39 Å². The molecule has 0 saturated heterocycles. The Morgan fingerprint density at radius 1 is 1.30 bits per heavy atom. The molecule has 1 heterocycles. The molecule has 0 fully saturated rings. The fourth-order valence-corrected chi connectivity index (χ4v) is 2.96. The minimum absolute atomic E-state index is 0.0541. The Balaban J connectivity index is 2.15. The van der Waals surface area contributed by atoms with E-state index in [0.29, 0.717) is 6.54 Å². The first-order valence-corrected chi connectivity index (χ1v) is 7.30. The van der Waals surface area contributed by atoms with Crippen LogP contribution in [-0.4, -0.2) is 4.98 Å². The summed E-state index contributed by atoms with van der Waals surface area (Å²) in [5.41, 5.74) is 6.70. The van der Waals surface area contributed by atoms with E-state index in [4.69, 9.17) is 10.5 Å². The average Bonchev–Trinajstić information content (AvgIpc) is 2.81. The summed E-state index contributed by atoms with van der Waals surface area (Å²) in [5, 5.41) is 0.818. The van der Waals surface area contributed by atoms with Crippen molar-refractivity contribution in [2.24, 2.45) is 5.73 Å². The van der Waals surface area contributed by atoms with Gasteiger partial charge in [0, 0.05) is 16.8 Å². The van der Waals surface area contributed by atoms with Crippen LogP contribution in [0.25, 0.3) is 0 Å². The Morgan fingerprint density at radius 3 is 2.55 bits per heavy atom. The SMILES string of the molecule is CC(C)(C)c1nc(COc2ccccc2F)sc1CN. The number of para-hydroxylation sites is 1. The van der Waals surface area contributed by atoms with Crippen LogP contribution in [0.5, 0.6) is 5.75 Å². The third-order valence-electron chi connectivity index (χ3n) is 2.83. The van der Waals surface area contributed by atoms with E-state index in [2.05, 4.69) is 25.8 Å². The van der Waals surface area contributed by atoms with E-state index < -0.39 is 0 Å². The summed E-state index contributed by atoms with van der Waals surface area (Å²) < 4.78 is 19.0. The van der Waals surface area contributed by atoms with Gasteiger partial charge in [-0.15, -0.1) is 11.3 Å². The smallest absolute Gasteiger partial charge is 0.165 e. The molecule has 3 nitrogen and oxygen atoms in total. The molecule has 0 atom stereocenters. The van der Waals surface area contributed by atoms with Gasteiger partial charge in [0.15, 0.2) is 11.6 Å². The van der Waals surface area contributed by atoms with Gasteiger partial charge in [0.05, 0.1) is 5.69 Å². The van der Waals surface area contributed by atoms with Crippen molar-refractivity contribution >= 4 is 11.3 Å². The first-order chi connectivity index (χ1) is 9.41. The van der Waals surface area contributed by atoms with Crippen LogP contribution in [0.3, 0.4) is 0 Å². The van der Waals surface area contributed by atoms with Gasteiger partial charge in [-0.1, -0.05) is 32.9 Å². The summed E-state index contributed by atoms with van der Waals surface area (Å²) in [7, 11) is 0. The molecule has 0 radical (unpaired) electrons. The second kappa shape index (κ2) is 5.89. The van der Waals surface area contributed by atoms with Crippen molar-refractivity contribution < 1.29 is 9.13 Å². The van der Waals surface area contributed by atoms with Gasteiger partial charge in [0.25, 0.3) is 0 Å². The van der Waals surface area contributed by atoms with E-state index in [-0.39, 0.29) is 23.6 Å². The van der Waals surface area contributed by atoms with Crippen LogP contribution < -0.4 is 10.5 Å². The fraction of sp³-hybridized carbons (Fsp3) is 0.400. The van der Waals surface area contributed by atoms with Crippen molar-refractivity contribution in [3.8, 4) is 5.75 Å². The molecule has 2 rings (SSSR count). The van der Waals surface area contributed by atoms with E-state index in [1.807, 2.05) is 0 Å². The lowest BCUT2D eigenvalue weighted by Crippen LogP contribution is -2.15. The molecule has 0 saturated carbocycles. The fourth-order valence-electron chi connectivity index (χ4n) is 1.89. The van der Waals surface area contributed by atoms with Crippen molar-refractivity contribution in [2.45, 2.75) is 39.3 Å². The van der Waals surface area contributed by atoms with E-state index in [1.165, 1.54) is 17.4 Å². The number of benzene rings is 1. The van der Waals surface area contributed by atoms with Gasteiger partial charge in [-0.2, -0.15) is 0 Å². The molecule has 2 aromatic rings. The summed E-state index contributed by atoms with van der Waals surface area (Å²) >= 11 is 1.53. The maximum Gasteiger partial charge on any atom is 0.165 e. The molecule has 0 amide bonds. The van der Waals surface area contributed by atoms with Gasteiger partial charge >= 0.3 is 0 Å². The van der Waals surface area contributed by atoms with E-state index in [1.54, 1.807) is 18.2 Å². The molecular weight excluding hydrogens is 275 g/mol. The largest absolute Gasteiger partial charge is 0.483 e. The topological polar surface area (TPSA) is 48.1 Å². The number of nitrogens with zero attached hydrogens (tertiary/aromatic N) is 1. The summed E-state index contributed by atoms with van der Waals surface area (Å²) in [6, 6.07) is 6.36. The minimum Gasteiger partial charge on any atom is -0.483 e. The van der Waals surface area contributed by atoms with Crippen LogP contribution in [0, 0.1) is 5.82 Å². The van der Waals surface area contributed by atoms with Gasteiger partial charge in [-0.05, 0) is 12.1 Å². The predicted molar refractivity (Wildman–Crippen MR) is 79.4 cm³/mol. The number of aromatic nitrogens is 1. The van der Waals surface area contributed by atoms with Gasteiger partial charge < -0.3 is 10.5 Å². The van der Waals surface area contributed by atoms with Crippen molar-refractivity contribution in [1.29, 1.82) is 0 Å². The van der Waals surface area contributed by atoms with Crippen molar-refractivity contribution in [1.82, 2.24) is 4.98 Å². The Labute approximate surface area is 122 Å². The first kappa shape index (κ1) is 14.9. The molecule has 108 valence electrons. The van der Waals surface area contributed by atoms with Gasteiger partial charge in [0.2, 0.25) is 0 Å². The number of ether oxygens (including phenoxy) is 1. The summed E-state index contributed by atoms with van der Waals surface area (Å²) in [6.45, 7) is 7.02. The monoisotopic (exact) mass is 294 g/mol. The van der Waals surface area contributed by atoms with E-state index >= 15 is 0 Å². The zero-order valence-electron chi connectivity index (χ0n) is 11.9. The molecular formula is C15H19FN2OS. The lowest BCUT2D eigenvalue weighted by Gasteiger charge is -2.16. The van der Waals surface area contributed by atoms with Crippen LogP contribution in [-0.2, 0) is 18.6 Å². The molecule has 2 N–H and O–H groups in total. The Bertz CT molecular complexity index is 590. The number of hydrogen-bond acceptors (Lipinski definition) is 4. The number of hydrogen-bond donors (Lipinski definition) is 1. The van der Waals surface area contributed by atoms with Crippen molar-refractivity contribution in [3.63, 3.8) is 0 Å². The summed E-state index contributed by atoms with van der Waals surface area (Å²) in [6.07, 6.45) is 0. The third kappa shape index (κ3) is 3.35. The second-order valence-corrected chi connectivity index (χ2v) is 6.72. The molecule has 0 aliphatic rings. The normalized spacial score (nSPS) is 11.7. The maximum absolute atomic E-state index is 13.5. The highest BCUT2D eigenvalue weighted by Crippen LogP contribution is 2.30. The van der Waals surface area contributed by atoms with E-state index in [0.717, 1.165) is 15.6 Å². The van der Waals surface area contributed by atoms with Crippen LogP contribution in [0.1, 0.15) is 36.3 Å². The Kier molecular flexibility index (Phi) is 4.40. The molecule has 0 aliphatic heterocycles. The predicted octanol–water partition coefficient (Wildman–Crippen LogP) is 3.62. The average molecular weight is 294 g/mol. The molecule has 0 spiro atoms. The molecule has 0 aliphatic carbocycles. The number of rotatable bonds is 4. The minimum atomic E-state index is -0.362. The summed E-state index contributed by atoms with van der Waals surface area (Å²) in [5.74, 6) is -0.117. The third-order valence-corrected chi connectivity index (χ3v) is 3.88. The number of nitrogens with two attached hydrogens (primary N) is 1. The molecule has 1 aromatic heterocycles. The lowest BCUT2D eigenvalue weighted by atomic mass is 9.91. The van der Waals surface area contributed by atoms with Crippen LogP contribution in [0.15, 0.2) is 24.3 Å². The highest BCUT2D eigenvalue weighted by molar-refractivity contribution is 7.11. The number of thiazole rings is 1. The quantitative estimate of drug-likeness (QED) is 0.937. The summed E-state index contributed by atoms with van der Waals surface area (Å²) in [4.78, 5) is 5.65. The molecule has 1 aromatic carbocycles. The van der Waals surface area contributed by atoms with Crippen LogP contribution >= 0.6 is 11.3 Å². The maximum atomic E-state index is 13.5. The molecule has 0 bridgehead atoms. The van der Waals surface area contributed by atoms with Gasteiger partial charge in [0.1, 0.15) is 11.6 Å². The van der Waals surface area contributed by atoms with Crippen molar-refractivity contribution in [3.05, 3.63) is 45.7 Å². The Hall–Kier alpha value is -1.46. The highest BCUT2D eigenvalue weighted by atomic mass is 32.1. The zero-order valence-corrected chi connectivity index (χ0v) is 12.8. The molecule has 5 heteroatoms. The zero-order chi connectivity index (χ0) is 14.8. The standard InChI is InChI=1S/C15H19FN2OS/c1-15(2,3)14-12(8-17)20-13(18-14)9-19-11-7-5-4-6-10(11)16/h4-7H,8-9,17H2,1-3H3. The Morgan fingerprint density at radius 2 is 2.00 bits per heavy atom. The van der Waals surface area contributed by atoms with Crippen LogP contribution in [0.4, 0.5) is 4.39 Å². The van der Waals surface area contributed by atoms with Gasteiger partial charge in [-0.3, -0.25) is 0 Å². The van der Waals surface area contributed by atoms with Crippen molar-refractivity contribution in [2.75, 3.05) is 0 Å². The highest BCUT2D eigenvalue weighted by Gasteiger charge is 2.22. The number of halogens is 1. The molecule has 20 heavy (non-hydrogen) atoms. The van der Waals surface area contributed by atoms with Crippen LogP contribution in [0.2, 0.25) is 0 Å². The van der Waals surface area contributed by atoms with Gasteiger partial charge in [-0.25, -0.2) is 9.37 Å². The lowest BCUT2D eigenvalue weighted by molar-refractivity contribution is 0.289. The second-order valence-electron chi connectivity index (χ2n) is 5.55. The molecule has 0 unspecified atom stereocenters.